The van der Waals surface area contributed by atoms with E-state index in [2.05, 4.69) is 17.1 Å². The van der Waals surface area contributed by atoms with Crippen molar-refractivity contribution in [2.75, 3.05) is 5.73 Å². The van der Waals surface area contributed by atoms with E-state index >= 15 is 0 Å². The number of nitrogen functional groups attached to an aromatic ring is 1. The molecule has 2 N–H and O–H groups in total. The molecule has 0 saturated heterocycles. The Balaban J connectivity index is 1.81. The zero-order valence-corrected chi connectivity index (χ0v) is 11.1. The van der Waals surface area contributed by atoms with Crippen LogP contribution in [0.4, 0.5) is 5.00 Å². The summed E-state index contributed by atoms with van der Waals surface area (Å²) in [6.45, 7) is 2.14. The van der Waals surface area contributed by atoms with Crippen molar-refractivity contribution in [3.8, 4) is 11.5 Å². The second-order valence-electron chi connectivity index (χ2n) is 5.32. The second kappa shape index (κ2) is 3.57. The van der Waals surface area contributed by atoms with Gasteiger partial charge in [0.15, 0.2) is 5.82 Å². The Morgan fingerprint density at radius 1 is 1.22 bits per heavy atom. The maximum atomic E-state index is 6.13. The van der Waals surface area contributed by atoms with Crippen LogP contribution in [0.2, 0.25) is 0 Å². The highest BCUT2D eigenvalue weighted by Crippen LogP contribution is 2.51. The van der Waals surface area contributed by atoms with Gasteiger partial charge in [-0.3, -0.25) is 0 Å². The molecule has 18 heavy (non-hydrogen) atoms. The van der Waals surface area contributed by atoms with Gasteiger partial charge in [0.25, 0.3) is 5.89 Å². The first-order valence-corrected chi connectivity index (χ1v) is 7.28. The van der Waals surface area contributed by atoms with E-state index in [-0.39, 0.29) is 0 Å². The molecule has 0 spiro atoms. The van der Waals surface area contributed by atoms with Crippen molar-refractivity contribution in [2.45, 2.75) is 44.4 Å². The van der Waals surface area contributed by atoms with Gasteiger partial charge in [0.2, 0.25) is 0 Å². The molecule has 4 rings (SSSR count). The first kappa shape index (κ1) is 10.6. The molecule has 0 bridgehead atoms. The van der Waals surface area contributed by atoms with Crippen molar-refractivity contribution in [1.29, 1.82) is 0 Å². The fourth-order valence-corrected chi connectivity index (χ4v) is 3.52. The zero-order chi connectivity index (χ0) is 12.3. The average molecular weight is 261 g/mol. The molecule has 4 nitrogen and oxygen atoms in total. The van der Waals surface area contributed by atoms with E-state index in [0.717, 1.165) is 16.4 Å². The standard InChI is InChI=1S/C13H15N3OS/c1-6-9(7-2-3-7)10(11(14)18-6)13-15-12(16-17-13)8-4-5-8/h7-8H,2-5,14H2,1H3. The van der Waals surface area contributed by atoms with Gasteiger partial charge in [-0.2, -0.15) is 4.98 Å². The van der Waals surface area contributed by atoms with Gasteiger partial charge in [-0.25, -0.2) is 0 Å². The Bertz CT molecular complexity index is 608. The normalized spacial score (nSPS) is 19.4. The van der Waals surface area contributed by atoms with Gasteiger partial charge in [-0.15, -0.1) is 11.3 Å². The Hall–Kier alpha value is -1.36. The molecule has 2 heterocycles. The highest BCUT2D eigenvalue weighted by atomic mass is 32.1. The van der Waals surface area contributed by atoms with Gasteiger partial charge in [0, 0.05) is 10.8 Å². The third kappa shape index (κ3) is 1.57. The molecule has 2 aliphatic carbocycles. The fraction of sp³-hybridized carbons (Fsp3) is 0.538. The lowest BCUT2D eigenvalue weighted by Gasteiger charge is -1.99. The van der Waals surface area contributed by atoms with Crippen molar-refractivity contribution < 1.29 is 4.52 Å². The van der Waals surface area contributed by atoms with Crippen molar-refractivity contribution in [1.82, 2.24) is 10.1 Å². The van der Waals surface area contributed by atoms with Crippen LogP contribution in [-0.4, -0.2) is 10.1 Å². The number of nitrogens with zero attached hydrogens (tertiary/aromatic N) is 2. The molecule has 0 aliphatic heterocycles. The summed E-state index contributed by atoms with van der Waals surface area (Å²) >= 11 is 1.64. The summed E-state index contributed by atoms with van der Waals surface area (Å²) in [6.07, 6.45) is 4.89. The molecule has 0 atom stereocenters. The summed E-state index contributed by atoms with van der Waals surface area (Å²) in [4.78, 5) is 5.84. The predicted octanol–water partition coefficient (Wildman–Crippen LogP) is 3.44. The largest absolute Gasteiger partial charge is 0.390 e. The lowest BCUT2D eigenvalue weighted by molar-refractivity contribution is 0.422. The van der Waals surface area contributed by atoms with Crippen molar-refractivity contribution >= 4 is 16.3 Å². The van der Waals surface area contributed by atoms with Crippen LogP contribution < -0.4 is 5.73 Å². The SMILES string of the molecule is Cc1sc(N)c(-c2nc(C3CC3)no2)c1C1CC1. The van der Waals surface area contributed by atoms with E-state index in [4.69, 9.17) is 10.3 Å². The number of nitrogens with two attached hydrogens (primary N) is 1. The topological polar surface area (TPSA) is 64.9 Å². The predicted molar refractivity (Wildman–Crippen MR) is 70.7 cm³/mol. The van der Waals surface area contributed by atoms with Crippen LogP contribution in [0.5, 0.6) is 0 Å². The van der Waals surface area contributed by atoms with Gasteiger partial charge in [-0.05, 0) is 44.1 Å². The van der Waals surface area contributed by atoms with E-state index < -0.39 is 0 Å². The molecule has 2 saturated carbocycles. The van der Waals surface area contributed by atoms with Crippen molar-refractivity contribution in [2.24, 2.45) is 0 Å². The Labute approximate surface area is 109 Å². The molecule has 0 aromatic carbocycles. The zero-order valence-electron chi connectivity index (χ0n) is 10.3. The average Bonchev–Trinajstić information content (AvgIpc) is 3.25. The van der Waals surface area contributed by atoms with Crippen LogP contribution in [0.3, 0.4) is 0 Å². The third-order valence-corrected chi connectivity index (χ3v) is 4.69. The van der Waals surface area contributed by atoms with Gasteiger partial charge in [0.1, 0.15) is 0 Å². The summed E-state index contributed by atoms with van der Waals surface area (Å²) in [5.41, 5.74) is 8.50. The van der Waals surface area contributed by atoms with Crippen molar-refractivity contribution in [3.05, 3.63) is 16.3 Å². The van der Waals surface area contributed by atoms with Crippen LogP contribution >= 0.6 is 11.3 Å². The van der Waals surface area contributed by atoms with Crippen LogP contribution in [-0.2, 0) is 0 Å². The molecule has 0 radical (unpaired) electrons. The lowest BCUT2D eigenvalue weighted by atomic mass is 10.1. The minimum absolute atomic E-state index is 0.521. The Morgan fingerprint density at radius 3 is 2.61 bits per heavy atom. The maximum absolute atomic E-state index is 6.13. The molecule has 2 aliphatic rings. The molecule has 2 fully saturated rings. The molecule has 5 heteroatoms. The van der Waals surface area contributed by atoms with E-state index in [9.17, 15) is 0 Å². The van der Waals surface area contributed by atoms with E-state index in [1.165, 1.54) is 36.1 Å². The number of hydrogen-bond acceptors (Lipinski definition) is 5. The molecule has 2 aromatic heterocycles. The third-order valence-electron chi connectivity index (χ3n) is 3.74. The van der Waals surface area contributed by atoms with E-state index in [1.54, 1.807) is 11.3 Å². The minimum Gasteiger partial charge on any atom is -0.390 e. The Morgan fingerprint density at radius 2 is 1.94 bits per heavy atom. The summed E-state index contributed by atoms with van der Waals surface area (Å²) in [5, 5.41) is 4.91. The number of aryl methyl sites for hydroxylation is 1. The van der Waals surface area contributed by atoms with Crippen LogP contribution in [0.25, 0.3) is 11.5 Å². The first-order chi connectivity index (χ1) is 8.74. The molecule has 94 valence electrons. The maximum Gasteiger partial charge on any atom is 0.261 e. The van der Waals surface area contributed by atoms with Crippen LogP contribution in [0, 0.1) is 6.92 Å². The number of thiophene rings is 1. The highest BCUT2D eigenvalue weighted by Gasteiger charge is 2.34. The molecule has 0 unspecified atom stereocenters. The van der Waals surface area contributed by atoms with Gasteiger partial charge in [0.05, 0.1) is 10.6 Å². The van der Waals surface area contributed by atoms with Crippen molar-refractivity contribution in [3.63, 3.8) is 0 Å². The number of anilines is 1. The van der Waals surface area contributed by atoms with Gasteiger partial charge < -0.3 is 10.3 Å². The highest BCUT2D eigenvalue weighted by molar-refractivity contribution is 7.16. The Kier molecular flexibility index (Phi) is 2.09. The monoisotopic (exact) mass is 261 g/mol. The smallest absolute Gasteiger partial charge is 0.261 e. The van der Waals surface area contributed by atoms with Crippen LogP contribution in [0.1, 0.15) is 53.8 Å². The quantitative estimate of drug-likeness (QED) is 0.919. The van der Waals surface area contributed by atoms with E-state index in [0.29, 0.717) is 17.7 Å². The molecule has 0 amide bonds. The lowest BCUT2D eigenvalue weighted by Crippen LogP contribution is -1.90. The summed E-state index contributed by atoms with van der Waals surface area (Å²) in [6, 6.07) is 0. The van der Waals surface area contributed by atoms with Gasteiger partial charge in [-0.1, -0.05) is 5.16 Å². The summed E-state index contributed by atoms with van der Waals surface area (Å²) in [5.74, 6) is 2.66. The van der Waals surface area contributed by atoms with Gasteiger partial charge >= 0.3 is 0 Å². The van der Waals surface area contributed by atoms with Crippen LogP contribution in [0.15, 0.2) is 4.52 Å². The summed E-state index contributed by atoms with van der Waals surface area (Å²) in [7, 11) is 0. The number of rotatable bonds is 3. The number of aromatic nitrogens is 2. The second-order valence-corrected chi connectivity index (χ2v) is 6.57. The molecule has 2 aromatic rings. The molecular formula is C13H15N3OS. The first-order valence-electron chi connectivity index (χ1n) is 6.46. The number of hydrogen-bond donors (Lipinski definition) is 1. The fourth-order valence-electron chi connectivity index (χ4n) is 2.51. The summed E-state index contributed by atoms with van der Waals surface area (Å²) < 4.78 is 5.43. The van der Waals surface area contributed by atoms with E-state index in [1.807, 2.05) is 0 Å². The molecular weight excluding hydrogens is 246 g/mol. The minimum atomic E-state index is 0.521.